The van der Waals surface area contributed by atoms with Crippen molar-refractivity contribution in [3.63, 3.8) is 0 Å². The first kappa shape index (κ1) is 17.7. The van der Waals surface area contributed by atoms with Crippen molar-refractivity contribution >= 4 is 0 Å². The monoisotopic (exact) mass is 343 g/mol. The van der Waals surface area contributed by atoms with E-state index in [2.05, 4.69) is 37.0 Å². The number of benzene rings is 1. The topological polar surface area (TPSA) is 101 Å². The van der Waals surface area contributed by atoms with Crippen LogP contribution in [0, 0.1) is 45.3 Å². The first-order valence-corrected chi connectivity index (χ1v) is 8.72. The van der Waals surface area contributed by atoms with Gasteiger partial charge in [-0.25, -0.2) is 0 Å². The smallest absolute Gasteiger partial charge is 0.191 e. The molecule has 26 heavy (non-hydrogen) atoms. The summed E-state index contributed by atoms with van der Waals surface area (Å²) in [5.74, 6) is -0.543. The summed E-state index contributed by atoms with van der Waals surface area (Å²) in [4.78, 5) is 2.29. The molecule has 0 amide bonds. The van der Waals surface area contributed by atoms with Crippen molar-refractivity contribution in [2.45, 2.75) is 25.8 Å². The molecule has 2 N–H and O–H groups in total. The Bertz CT molecular complexity index is 875. The molecule has 0 unspecified atom stereocenters. The van der Waals surface area contributed by atoms with Gasteiger partial charge in [-0.15, -0.1) is 0 Å². The van der Waals surface area contributed by atoms with Crippen LogP contribution in [0.5, 0.6) is 0 Å². The van der Waals surface area contributed by atoms with Crippen LogP contribution in [-0.2, 0) is 0 Å². The number of fused-ring (bicyclic) bond motifs is 1. The number of nitrogens with zero attached hydrogens (tertiary/aromatic N) is 4. The molecule has 0 saturated heterocycles. The first-order valence-electron chi connectivity index (χ1n) is 8.72. The van der Waals surface area contributed by atoms with Crippen molar-refractivity contribution in [2.24, 2.45) is 17.1 Å². The van der Waals surface area contributed by atoms with Gasteiger partial charge in [-0.3, -0.25) is 4.90 Å². The van der Waals surface area contributed by atoms with E-state index in [0.717, 1.165) is 17.7 Å². The van der Waals surface area contributed by atoms with Gasteiger partial charge in [-0.2, -0.15) is 15.8 Å². The molecule has 1 aliphatic carbocycles. The van der Waals surface area contributed by atoms with Gasteiger partial charge in [0.2, 0.25) is 0 Å². The van der Waals surface area contributed by atoms with E-state index in [-0.39, 0.29) is 11.6 Å². The lowest BCUT2D eigenvalue weighted by Gasteiger charge is -2.46. The zero-order chi connectivity index (χ0) is 18.9. The van der Waals surface area contributed by atoms with Crippen molar-refractivity contribution in [2.75, 3.05) is 13.1 Å². The molecule has 0 spiro atoms. The number of hydrogen-bond donors (Lipinski definition) is 1. The maximum Gasteiger partial charge on any atom is 0.191 e. The predicted molar refractivity (Wildman–Crippen MR) is 98.0 cm³/mol. The molecule has 5 heteroatoms. The Morgan fingerprint density at radius 3 is 2.35 bits per heavy atom. The third-order valence-electron chi connectivity index (χ3n) is 5.58. The van der Waals surface area contributed by atoms with Gasteiger partial charge in [0.15, 0.2) is 5.41 Å². The van der Waals surface area contributed by atoms with Gasteiger partial charge in [0.05, 0.1) is 23.4 Å². The fourth-order valence-electron chi connectivity index (χ4n) is 4.16. The van der Waals surface area contributed by atoms with Gasteiger partial charge in [0, 0.05) is 31.0 Å². The van der Waals surface area contributed by atoms with Gasteiger partial charge in [-0.1, -0.05) is 36.4 Å². The molecule has 0 fully saturated rings. The summed E-state index contributed by atoms with van der Waals surface area (Å²) in [5, 5.41) is 29.7. The highest BCUT2D eigenvalue weighted by molar-refractivity contribution is 5.59. The fraction of sp³-hybridized carbons (Fsp3) is 0.381. The molecule has 0 aromatic heterocycles. The first-order chi connectivity index (χ1) is 12.5. The van der Waals surface area contributed by atoms with E-state index in [9.17, 15) is 15.8 Å². The number of nitriles is 3. The number of hydrogen-bond acceptors (Lipinski definition) is 5. The summed E-state index contributed by atoms with van der Waals surface area (Å²) in [6.45, 7) is 5.66. The minimum Gasteiger partial charge on any atom is -0.399 e. The summed E-state index contributed by atoms with van der Waals surface area (Å²) in [6, 6.07) is 16.4. The predicted octanol–water partition coefficient (Wildman–Crippen LogP) is 2.82. The van der Waals surface area contributed by atoms with E-state index in [1.54, 1.807) is 0 Å². The Kier molecular flexibility index (Phi) is 4.56. The summed E-state index contributed by atoms with van der Waals surface area (Å²) >= 11 is 0. The Hall–Kier alpha value is -3.07. The van der Waals surface area contributed by atoms with Crippen LogP contribution in [-0.4, -0.2) is 24.0 Å². The molecular weight excluding hydrogens is 322 g/mol. The number of nitrogens with two attached hydrogens (primary N) is 1. The Morgan fingerprint density at radius 1 is 1.15 bits per heavy atom. The summed E-state index contributed by atoms with van der Waals surface area (Å²) in [7, 11) is 0. The van der Waals surface area contributed by atoms with Crippen LogP contribution in [0.3, 0.4) is 0 Å². The average molecular weight is 343 g/mol. The molecule has 130 valence electrons. The molecule has 2 aliphatic rings. The minimum atomic E-state index is -1.55. The van der Waals surface area contributed by atoms with Crippen molar-refractivity contribution < 1.29 is 0 Å². The molecule has 0 bridgehead atoms. The van der Waals surface area contributed by atoms with Gasteiger partial charge >= 0.3 is 0 Å². The third kappa shape index (κ3) is 2.48. The second-order valence-electron chi connectivity index (χ2n) is 7.13. The lowest BCUT2D eigenvalue weighted by atomic mass is 9.58. The van der Waals surface area contributed by atoms with E-state index in [4.69, 9.17) is 5.73 Å². The van der Waals surface area contributed by atoms with Crippen LogP contribution in [0.15, 0.2) is 53.3 Å². The van der Waals surface area contributed by atoms with Crippen molar-refractivity contribution in [3.8, 4) is 18.2 Å². The molecule has 1 aromatic carbocycles. The zero-order valence-electron chi connectivity index (χ0n) is 15.0. The highest BCUT2D eigenvalue weighted by atomic mass is 15.2. The molecule has 1 aromatic rings. The molecule has 0 saturated carbocycles. The van der Waals surface area contributed by atoms with Crippen LogP contribution in [0.25, 0.3) is 0 Å². The van der Waals surface area contributed by atoms with E-state index < -0.39 is 11.3 Å². The summed E-state index contributed by atoms with van der Waals surface area (Å²) < 4.78 is 0. The Morgan fingerprint density at radius 2 is 1.81 bits per heavy atom. The number of allylic oxidation sites excluding steroid dienone is 2. The molecule has 1 aliphatic heterocycles. The number of rotatable bonds is 2. The third-order valence-corrected chi connectivity index (χ3v) is 5.58. The molecule has 0 radical (unpaired) electrons. The minimum absolute atomic E-state index is 0.0827. The Balaban J connectivity index is 2.29. The van der Waals surface area contributed by atoms with Crippen molar-refractivity contribution in [3.05, 3.63) is 58.8 Å². The van der Waals surface area contributed by atoms with E-state index in [1.807, 2.05) is 36.4 Å². The normalized spacial score (nSPS) is 24.8. The maximum atomic E-state index is 9.99. The second-order valence-corrected chi connectivity index (χ2v) is 7.13. The maximum absolute atomic E-state index is 9.99. The van der Waals surface area contributed by atoms with E-state index >= 15 is 0 Å². The standard InChI is InChI=1S/C21H21N5/c1-14(2)26-9-8-16-17(10-22)20(25)21(12-23,13-24)19(18(16)11-26)15-6-4-3-5-7-15/h3-8,14,18-19H,9,11,25H2,1-2H3/t18-,19-/m0/s1. The zero-order valence-corrected chi connectivity index (χ0v) is 15.0. The quantitative estimate of drug-likeness (QED) is 0.890. The highest BCUT2D eigenvalue weighted by Crippen LogP contribution is 2.54. The van der Waals surface area contributed by atoms with Crippen molar-refractivity contribution in [1.82, 2.24) is 4.90 Å². The Labute approximate surface area is 154 Å². The van der Waals surface area contributed by atoms with Crippen LogP contribution < -0.4 is 5.73 Å². The molecule has 3 rings (SSSR count). The lowest BCUT2D eigenvalue weighted by Crippen LogP contribution is -2.49. The van der Waals surface area contributed by atoms with Gasteiger partial charge in [-0.05, 0) is 25.0 Å². The lowest BCUT2D eigenvalue weighted by molar-refractivity contribution is 0.174. The molecule has 1 heterocycles. The van der Waals surface area contributed by atoms with Crippen LogP contribution in [0.2, 0.25) is 0 Å². The van der Waals surface area contributed by atoms with Crippen molar-refractivity contribution in [1.29, 1.82) is 15.8 Å². The fourth-order valence-corrected chi connectivity index (χ4v) is 4.16. The van der Waals surface area contributed by atoms with Crippen LogP contribution in [0.1, 0.15) is 25.3 Å². The molecular formula is C21H21N5. The molecule has 2 atom stereocenters. The van der Waals surface area contributed by atoms with Gasteiger partial charge in [0.25, 0.3) is 0 Å². The largest absolute Gasteiger partial charge is 0.399 e. The second kappa shape index (κ2) is 6.68. The molecule has 5 nitrogen and oxygen atoms in total. The van der Waals surface area contributed by atoms with E-state index in [1.165, 1.54) is 0 Å². The van der Waals surface area contributed by atoms with Gasteiger partial charge in [0.1, 0.15) is 6.07 Å². The summed E-state index contributed by atoms with van der Waals surface area (Å²) in [5.41, 5.74) is 6.88. The average Bonchev–Trinajstić information content (AvgIpc) is 2.67. The highest BCUT2D eigenvalue weighted by Gasteiger charge is 2.54. The van der Waals surface area contributed by atoms with Crippen LogP contribution in [0.4, 0.5) is 0 Å². The van der Waals surface area contributed by atoms with Gasteiger partial charge < -0.3 is 5.73 Å². The van der Waals surface area contributed by atoms with E-state index in [0.29, 0.717) is 18.2 Å². The summed E-state index contributed by atoms with van der Waals surface area (Å²) in [6.07, 6.45) is 2.04. The van der Waals surface area contributed by atoms with Crippen LogP contribution >= 0.6 is 0 Å². The SMILES string of the molecule is CC(C)N1CC=C2C(C#N)=C(N)C(C#N)(C#N)[C@@H](c3ccccc3)[C@H]2C1.